The fraction of sp³-hybridized carbons (Fsp3) is 0.857. The van der Waals surface area contributed by atoms with Gasteiger partial charge in [-0.15, -0.1) is 0 Å². The fourth-order valence-electron chi connectivity index (χ4n) is 4.43. The summed E-state index contributed by atoms with van der Waals surface area (Å²) in [4.78, 5) is 24.4. The van der Waals surface area contributed by atoms with Gasteiger partial charge in [0.25, 0.3) is 0 Å². The van der Waals surface area contributed by atoms with E-state index in [1.165, 1.54) is 6.42 Å². The molecule has 17 heavy (non-hydrogen) atoms. The Morgan fingerprint density at radius 3 is 2.41 bits per heavy atom. The van der Waals surface area contributed by atoms with Gasteiger partial charge in [0.15, 0.2) is 0 Å². The molecule has 0 aromatic heterocycles. The third-order valence-electron chi connectivity index (χ3n) is 4.90. The summed E-state index contributed by atoms with van der Waals surface area (Å²) in [5.41, 5.74) is 0. The molecule has 0 amide bonds. The topological polar surface area (TPSA) is 43.4 Å². The number of fused-ring (bicyclic) bond motifs is 1. The Labute approximate surface area is 102 Å². The number of carbonyl (C=O) groups excluding carboxylic acids is 2. The van der Waals surface area contributed by atoms with Gasteiger partial charge in [-0.2, -0.15) is 0 Å². The number of esters is 1. The van der Waals surface area contributed by atoms with E-state index in [4.69, 9.17) is 4.74 Å². The molecule has 0 aromatic carbocycles. The summed E-state index contributed by atoms with van der Waals surface area (Å²) < 4.78 is 5.11. The molecule has 4 aliphatic carbocycles. The molecule has 3 nitrogen and oxygen atoms in total. The van der Waals surface area contributed by atoms with Gasteiger partial charge < -0.3 is 4.74 Å². The minimum Gasteiger partial charge on any atom is -0.465 e. The molecule has 3 unspecified atom stereocenters. The number of rotatable bonds is 2. The van der Waals surface area contributed by atoms with Crippen LogP contribution in [-0.4, -0.2) is 18.4 Å². The summed E-state index contributed by atoms with van der Waals surface area (Å²) >= 11 is 0. The monoisotopic (exact) mass is 236 g/mol. The summed E-state index contributed by atoms with van der Waals surface area (Å²) in [5.74, 6) is 1.32. The summed E-state index contributed by atoms with van der Waals surface area (Å²) in [7, 11) is 0. The van der Waals surface area contributed by atoms with E-state index in [1.807, 2.05) is 6.92 Å². The quantitative estimate of drug-likeness (QED) is 0.545. The predicted octanol–water partition coefficient (Wildman–Crippen LogP) is 2.19. The lowest BCUT2D eigenvalue weighted by Crippen LogP contribution is -2.33. The number of hydrogen-bond donors (Lipinski definition) is 0. The number of Topliss-reactive ketones (excluding diaryl/α,β-unsaturated/α-hetero) is 1. The van der Waals surface area contributed by atoms with Crippen molar-refractivity contribution >= 4 is 11.8 Å². The second-order valence-electron chi connectivity index (χ2n) is 6.00. The zero-order valence-electron chi connectivity index (χ0n) is 10.4. The average Bonchev–Trinajstić information content (AvgIpc) is 2.41. The van der Waals surface area contributed by atoms with Crippen LogP contribution >= 0.6 is 0 Å². The van der Waals surface area contributed by atoms with Gasteiger partial charge in [-0.1, -0.05) is 0 Å². The molecule has 0 heterocycles. The summed E-state index contributed by atoms with van der Waals surface area (Å²) in [6.45, 7) is 2.19. The molecule has 0 saturated heterocycles. The van der Waals surface area contributed by atoms with Crippen LogP contribution < -0.4 is 0 Å². The molecule has 3 atom stereocenters. The highest BCUT2D eigenvalue weighted by atomic mass is 16.5. The molecule has 4 saturated carbocycles. The third-order valence-corrected chi connectivity index (χ3v) is 4.90. The van der Waals surface area contributed by atoms with Crippen molar-refractivity contribution in [2.75, 3.05) is 6.61 Å². The highest BCUT2D eigenvalue weighted by Crippen LogP contribution is 2.52. The van der Waals surface area contributed by atoms with Crippen LogP contribution in [0.3, 0.4) is 0 Å². The Balaban J connectivity index is 1.88. The van der Waals surface area contributed by atoms with E-state index in [-0.39, 0.29) is 23.6 Å². The number of carbonyl (C=O) groups is 2. The van der Waals surface area contributed by atoms with Crippen LogP contribution in [0.5, 0.6) is 0 Å². The molecule has 4 rings (SSSR count). The Kier molecular flexibility index (Phi) is 2.72. The smallest absolute Gasteiger partial charge is 0.316 e. The summed E-state index contributed by atoms with van der Waals surface area (Å²) in [6, 6.07) is 0. The minimum atomic E-state index is -0.435. The highest BCUT2D eigenvalue weighted by Gasteiger charge is 2.51. The van der Waals surface area contributed by atoms with Gasteiger partial charge >= 0.3 is 5.97 Å². The molecule has 4 fully saturated rings. The Morgan fingerprint density at radius 2 is 1.82 bits per heavy atom. The van der Waals surface area contributed by atoms with Crippen LogP contribution in [0.1, 0.15) is 39.0 Å². The van der Waals surface area contributed by atoms with E-state index in [2.05, 4.69) is 0 Å². The van der Waals surface area contributed by atoms with Crippen molar-refractivity contribution in [3.8, 4) is 0 Å². The van der Waals surface area contributed by atoms with Crippen molar-refractivity contribution in [2.45, 2.75) is 39.0 Å². The van der Waals surface area contributed by atoms with Crippen molar-refractivity contribution in [3.63, 3.8) is 0 Å². The molecular formula is C14H20O3. The second kappa shape index (κ2) is 4.11. The number of ketones is 1. The molecule has 0 N–H and O–H groups in total. The van der Waals surface area contributed by atoms with E-state index in [9.17, 15) is 9.59 Å². The van der Waals surface area contributed by atoms with Gasteiger partial charge in [-0.3, -0.25) is 9.59 Å². The van der Waals surface area contributed by atoms with Crippen LogP contribution in [0, 0.1) is 29.6 Å². The first-order chi connectivity index (χ1) is 8.19. The fourth-order valence-corrected chi connectivity index (χ4v) is 4.43. The molecule has 94 valence electrons. The first-order valence-corrected chi connectivity index (χ1v) is 6.89. The standard InChI is InChI=1S/C14H20O3/c1-2-17-14(16)12-10-4-8-3-9(5-10)7-11(6-8)13(12)15/h8-12H,2-7H2,1H3. The normalized spacial score (nSPS) is 43.6. The van der Waals surface area contributed by atoms with Gasteiger partial charge in [0.05, 0.1) is 6.61 Å². The lowest BCUT2D eigenvalue weighted by atomic mass is 9.67. The maximum absolute atomic E-state index is 12.4. The van der Waals surface area contributed by atoms with E-state index >= 15 is 0 Å². The van der Waals surface area contributed by atoms with Crippen LogP contribution in [0.25, 0.3) is 0 Å². The van der Waals surface area contributed by atoms with E-state index in [0.717, 1.165) is 25.7 Å². The first-order valence-electron chi connectivity index (χ1n) is 6.89. The molecule has 4 bridgehead atoms. The first kappa shape index (κ1) is 11.2. The average molecular weight is 236 g/mol. The maximum Gasteiger partial charge on any atom is 0.316 e. The van der Waals surface area contributed by atoms with E-state index < -0.39 is 5.92 Å². The van der Waals surface area contributed by atoms with Crippen molar-refractivity contribution in [1.82, 2.24) is 0 Å². The SMILES string of the molecule is CCOC(=O)C1C(=O)C2CC3CC(C2)CC1C3. The number of hydrogen-bond acceptors (Lipinski definition) is 3. The van der Waals surface area contributed by atoms with Gasteiger partial charge in [-0.25, -0.2) is 0 Å². The van der Waals surface area contributed by atoms with Gasteiger partial charge in [-0.05, 0) is 56.8 Å². The predicted molar refractivity (Wildman–Crippen MR) is 62.2 cm³/mol. The van der Waals surface area contributed by atoms with Gasteiger partial charge in [0.1, 0.15) is 11.7 Å². The van der Waals surface area contributed by atoms with Crippen LogP contribution in [-0.2, 0) is 14.3 Å². The third kappa shape index (κ3) is 1.80. The summed E-state index contributed by atoms with van der Waals surface area (Å²) in [6.07, 6.45) is 5.49. The Hall–Kier alpha value is -0.860. The van der Waals surface area contributed by atoms with Crippen molar-refractivity contribution in [2.24, 2.45) is 29.6 Å². The lowest BCUT2D eigenvalue weighted by molar-refractivity contribution is -0.154. The zero-order valence-corrected chi connectivity index (χ0v) is 10.4. The van der Waals surface area contributed by atoms with E-state index in [1.54, 1.807) is 0 Å². The largest absolute Gasteiger partial charge is 0.465 e. The van der Waals surface area contributed by atoms with Crippen molar-refractivity contribution in [1.29, 1.82) is 0 Å². The molecular weight excluding hydrogens is 216 g/mol. The summed E-state index contributed by atoms with van der Waals surface area (Å²) in [5, 5.41) is 0. The molecule has 0 spiro atoms. The van der Waals surface area contributed by atoms with E-state index in [0.29, 0.717) is 18.4 Å². The minimum absolute atomic E-state index is 0.153. The maximum atomic E-state index is 12.4. The Morgan fingerprint density at radius 1 is 1.18 bits per heavy atom. The van der Waals surface area contributed by atoms with Crippen LogP contribution in [0.15, 0.2) is 0 Å². The molecule has 0 aliphatic heterocycles. The zero-order chi connectivity index (χ0) is 12.0. The molecule has 0 aromatic rings. The van der Waals surface area contributed by atoms with Gasteiger partial charge in [0, 0.05) is 5.92 Å². The highest BCUT2D eigenvalue weighted by molar-refractivity contribution is 6.01. The number of ether oxygens (including phenoxy) is 1. The van der Waals surface area contributed by atoms with Gasteiger partial charge in [0.2, 0.25) is 0 Å². The molecule has 4 aliphatic rings. The Bertz CT molecular complexity index is 335. The van der Waals surface area contributed by atoms with Crippen LogP contribution in [0.2, 0.25) is 0 Å². The molecule has 0 radical (unpaired) electrons. The lowest BCUT2D eigenvalue weighted by Gasteiger charge is -2.38. The second-order valence-corrected chi connectivity index (χ2v) is 6.00. The van der Waals surface area contributed by atoms with Crippen molar-refractivity contribution < 1.29 is 14.3 Å². The molecule has 3 heteroatoms. The van der Waals surface area contributed by atoms with Crippen LogP contribution in [0.4, 0.5) is 0 Å². The van der Waals surface area contributed by atoms with Crippen molar-refractivity contribution in [3.05, 3.63) is 0 Å².